The first kappa shape index (κ1) is 13.9. The van der Waals surface area contributed by atoms with Gasteiger partial charge in [-0.05, 0) is 25.5 Å². The largest absolute Gasteiger partial charge is 0.371 e. The number of amides is 3. The van der Waals surface area contributed by atoms with Gasteiger partial charge in [-0.1, -0.05) is 0 Å². The van der Waals surface area contributed by atoms with E-state index in [0.29, 0.717) is 0 Å². The van der Waals surface area contributed by atoms with Gasteiger partial charge in [0.2, 0.25) is 5.91 Å². The summed E-state index contributed by atoms with van der Waals surface area (Å²) in [6, 6.07) is 0.00746. The summed E-state index contributed by atoms with van der Waals surface area (Å²) in [5.41, 5.74) is 4.76. The topological polar surface area (TPSA) is 84.2 Å². The summed E-state index contributed by atoms with van der Waals surface area (Å²) in [5.74, 6) is -2.02. The number of hydrogen-bond acceptors (Lipinski definition) is 3. The Morgan fingerprint density at radius 2 is 1.89 bits per heavy atom. The number of carbonyl (C=O) groups excluding carboxylic acids is 2. The average Bonchev–Trinajstić information content (AvgIpc) is 2.24. The molecule has 1 aromatic rings. The van der Waals surface area contributed by atoms with Crippen molar-refractivity contribution in [3.63, 3.8) is 0 Å². The predicted octanol–water partition coefficient (Wildman–Crippen LogP) is 1.27. The van der Waals surface area contributed by atoms with Crippen LogP contribution in [-0.2, 0) is 4.79 Å². The molecule has 0 aromatic heterocycles. The molecule has 0 spiro atoms. The van der Waals surface area contributed by atoms with Crippen molar-refractivity contribution < 1.29 is 18.4 Å². The number of nitrogens with one attached hydrogen (secondary N) is 2. The van der Waals surface area contributed by atoms with E-state index in [1.807, 2.05) is 5.32 Å². The lowest BCUT2D eigenvalue weighted by molar-refractivity contribution is -0.120. The highest BCUT2D eigenvalue weighted by atomic mass is 19.1. The standard InChI is InChI=1S/C11H13F2N3O2/c1-5-3-8(13)9(4-7(5)12)15-6(2)10(17)16-11(14)18/h3-4,6,15H,1-2H3,(H3,14,16,17,18). The van der Waals surface area contributed by atoms with Gasteiger partial charge >= 0.3 is 6.03 Å². The quantitative estimate of drug-likeness (QED) is 0.762. The lowest BCUT2D eigenvalue weighted by atomic mass is 10.2. The molecule has 5 nitrogen and oxygen atoms in total. The first-order valence-corrected chi connectivity index (χ1v) is 5.13. The van der Waals surface area contributed by atoms with E-state index >= 15 is 0 Å². The van der Waals surface area contributed by atoms with Crippen LogP contribution >= 0.6 is 0 Å². The first-order chi connectivity index (χ1) is 8.31. The van der Waals surface area contributed by atoms with Crippen LogP contribution in [0.3, 0.4) is 0 Å². The van der Waals surface area contributed by atoms with E-state index in [-0.39, 0.29) is 11.3 Å². The maximum absolute atomic E-state index is 13.5. The van der Waals surface area contributed by atoms with Gasteiger partial charge in [-0.25, -0.2) is 13.6 Å². The number of aryl methyl sites for hydroxylation is 1. The SMILES string of the molecule is Cc1cc(F)c(NC(C)C(=O)NC(N)=O)cc1F. The molecular formula is C11H13F2N3O2. The molecule has 0 aliphatic heterocycles. The zero-order valence-corrected chi connectivity index (χ0v) is 9.88. The van der Waals surface area contributed by atoms with Crippen LogP contribution in [0.4, 0.5) is 19.3 Å². The van der Waals surface area contributed by atoms with E-state index in [4.69, 9.17) is 5.73 Å². The molecule has 0 heterocycles. The molecule has 0 fully saturated rings. The third-order valence-electron chi connectivity index (χ3n) is 2.26. The van der Waals surface area contributed by atoms with E-state index in [0.717, 1.165) is 12.1 Å². The number of anilines is 1. The Kier molecular flexibility index (Phi) is 4.19. The molecule has 1 rings (SSSR count). The average molecular weight is 257 g/mol. The Hall–Kier alpha value is -2.18. The Bertz CT molecular complexity index is 491. The normalized spacial score (nSPS) is 11.8. The van der Waals surface area contributed by atoms with Crippen LogP contribution in [-0.4, -0.2) is 18.0 Å². The fraction of sp³-hybridized carbons (Fsp3) is 0.273. The molecule has 1 atom stereocenters. The summed E-state index contributed by atoms with van der Waals surface area (Å²) in [6.07, 6.45) is 0. The minimum Gasteiger partial charge on any atom is -0.371 e. The molecule has 1 aromatic carbocycles. The van der Waals surface area contributed by atoms with Gasteiger partial charge in [0.15, 0.2) is 0 Å². The highest BCUT2D eigenvalue weighted by Crippen LogP contribution is 2.19. The van der Waals surface area contributed by atoms with Crippen LogP contribution in [0.25, 0.3) is 0 Å². The molecule has 0 saturated carbocycles. The number of hydrogen-bond donors (Lipinski definition) is 3. The van der Waals surface area contributed by atoms with Gasteiger partial charge in [-0.15, -0.1) is 0 Å². The van der Waals surface area contributed by atoms with Crippen molar-refractivity contribution in [3.05, 3.63) is 29.3 Å². The van der Waals surface area contributed by atoms with Gasteiger partial charge in [0.25, 0.3) is 0 Å². The van der Waals surface area contributed by atoms with Crippen molar-refractivity contribution in [2.75, 3.05) is 5.32 Å². The third kappa shape index (κ3) is 3.41. The Balaban J connectivity index is 2.81. The Labute approximate surface area is 102 Å². The molecule has 4 N–H and O–H groups in total. The van der Waals surface area contributed by atoms with Crippen molar-refractivity contribution >= 4 is 17.6 Å². The van der Waals surface area contributed by atoms with E-state index in [2.05, 4.69) is 5.32 Å². The highest BCUT2D eigenvalue weighted by Gasteiger charge is 2.16. The van der Waals surface area contributed by atoms with Crippen LogP contribution in [0.2, 0.25) is 0 Å². The molecule has 18 heavy (non-hydrogen) atoms. The van der Waals surface area contributed by atoms with Crippen molar-refractivity contribution in [1.82, 2.24) is 5.32 Å². The van der Waals surface area contributed by atoms with E-state index in [9.17, 15) is 18.4 Å². The third-order valence-corrected chi connectivity index (χ3v) is 2.26. The number of imide groups is 1. The van der Waals surface area contributed by atoms with Gasteiger partial charge < -0.3 is 11.1 Å². The summed E-state index contributed by atoms with van der Waals surface area (Å²) >= 11 is 0. The summed E-state index contributed by atoms with van der Waals surface area (Å²) in [7, 11) is 0. The van der Waals surface area contributed by atoms with E-state index < -0.39 is 29.6 Å². The minimum atomic E-state index is -1.01. The maximum atomic E-state index is 13.5. The summed E-state index contributed by atoms with van der Waals surface area (Å²) in [6.45, 7) is 2.81. The molecular weight excluding hydrogens is 244 g/mol. The maximum Gasteiger partial charge on any atom is 0.318 e. The van der Waals surface area contributed by atoms with Crippen molar-refractivity contribution in [2.24, 2.45) is 5.73 Å². The number of primary amides is 1. The van der Waals surface area contributed by atoms with Crippen LogP contribution < -0.4 is 16.4 Å². The molecule has 0 radical (unpaired) electrons. The molecule has 0 aliphatic rings. The zero-order valence-electron chi connectivity index (χ0n) is 9.88. The summed E-state index contributed by atoms with van der Waals surface area (Å²) < 4.78 is 26.7. The molecule has 1 unspecified atom stereocenters. The highest BCUT2D eigenvalue weighted by molar-refractivity contribution is 5.97. The van der Waals surface area contributed by atoms with Gasteiger partial charge in [0, 0.05) is 6.07 Å². The number of rotatable bonds is 3. The lowest BCUT2D eigenvalue weighted by Crippen LogP contribution is -2.43. The number of benzene rings is 1. The fourth-order valence-corrected chi connectivity index (χ4v) is 1.29. The van der Waals surface area contributed by atoms with E-state index in [1.165, 1.54) is 13.8 Å². The fourth-order valence-electron chi connectivity index (χ4n) is 1.29. The predicted molar refractivity (Wildman–Crippen MR) is 61.9 cm³/mol. The molecule has 3 amide bonds. The van der Waals surface area contributed by atoms with Gasteiger partial charge in [0.1, 0.15) is 17.7 Å². The second kappa shape index (κ2) is 5.44. The van der Waals surface area contributed by atoms with Crippen LogP contribution in [0, 0.1) is 18.6 Å². The second-order valence-corrected chi connectivity index (χ2v) is 3.80. The van der Waals surface area contributed by atoms with E-state index in [1.54, 1.807) is 0 Å². The molecule has 0 aliphatic carbocycles. The number of halogens is 2. The number of carbonyl (C=O) groups is 2. The number of urea groups is 1. The summed E-state index contributed by atoms with van der Waals surface area (Å²) in [4.78, 5) is 21.8. The first-order valence-electron chi connectivity index (χ1n) is 5.13. The summed E-state index contributed by atoms with van der Waals surface area (Å²) in [5, 5.41) is 4.28. The van der Waals surface area contributed by atoms with Crippen molar-refractivity contribution in [1.29, 1.82) is 0 Å². The van der Waals surface area contributed by atoms with Crippen molar-refractivity contribution in [3.8, 4) is 0 Å². The number of nitrogens with two attached hydrogens (primary N) is 1. The van der Waals surface area contributed by atoms with Gasteiger partial charge in [0.05, 0.1) is 5.69 Å². The van der Waals surface area contributed by atoms with Crippen molar-refractivity contribution in [2.45, 2.75) is 19.9 Å². The van der Waals surface area contributed by atoms with Crippen LogP contribution in [0.1, 0.15) is 12.5 Å². The molecule has 0 bridgehead atoms. The van der Waals surface area contributed by atoms with Crippen LogP contribution in [0.15, 0.2) is 12.1 Å². The monoisotopic (exact) mass is 257 g/mol. The molecule has 7 heteroatoms. The lowest BCUT2D eigenvalue weighted by Gasteiger charge is -2.15. The Morgan fingerprint density at radius 3 is 2.44 bits per heavy atom. The Morgan fingerprint density at radius 1 is 1.28 bits per heavy atom. The second-order valence-electron chi connectivity index (χ2n) is 3.80. The zero-order chi connectivity index (χ0) is 13.9. The minimum absolute atomic E-state index is 0.160. The smallest absolute Gasteiger partial charge is 0.318 e. The van der Waals surface area contributed by atoms with Gasteiger partial charge in [-0.3, -0.25) is 10.1 Å². The van der Waals surface area contributed by atoms with Gasteiger partial charge in [-0.2, -0.15) is 0 Å². The molecule has 0 saturated heterocycles. The van der Waals surface area contributed by atoms with Crippen LogP contribution in [0.5, 0.6) is 0 Å². The molecule has 98 valence electrons.